The van der Waals surface area contributed by atoms with Crippen molar-refractivity contribution in [3.8, 4) is 16.9 Å². The molecule has 0 aliphatic carbocycles. The van der Waals surface area contributed by atoms with Crippen LogP contribution in [-0.2, 0) is 0 Å². The molecular weight excluding hydrogens is 247 g/mol. The summed E-state index contributed by atoms with van der Waals surface area (Å²) in [6.07, 6.45) is 0. The van der Waals surface area contributed by atoms with E-state index in [2.05, 4.69) is 0 Å². The average molecular weight is 260 g/mol. The molecule has 0 radical (unpaired) electrons. The van der Waals surface area contributed by atoms with Crippen LogP contribution in [0.15, 0.2) is 42.5 Å². The molecule has 19 heavy (non-hydrogen) atoms. The Hall–Kier alpha value is -2.36. The molecule has 0 fully saturated rings. The van der Waals surface area contributed by atoms with E-state index in [0.717, 1.165) is 0 Å². The number of carboxylic acids is 1. The Morgan fingerprint density at radius 1 is 1.21 bits per heavy atom. The van der Waals surface area contributed by atoms with Crippen LogP contribution in [0.5, 0.6) is 5.75 Å². The van der Waals surface area contributed by atoms with Gasteiger partial charge in [-0.2, -0.15) is 0 Å². The third kappa shape index (κ3) is 2.73. The SMILES string of the molecule is CCOc1ccc(-c2cccc(C(=O)O)c2F)cc1. The molecule has 0 saturated carbocycles. The molecule has 0 saturated heterocycles. The first kappa shape index (κ1) is 13.1. The highest BCUT2D eigenvalue weighted by atomic mass is 19.1. The minimum Gasteiger partial charge on any atom is -0.494 e. The first-order valence-electron chi connectivity index (χ1n) is 5.88. The predicted octanol–water partition coefficient (Wildman–Crippen LogP) is 3.59. The summed E-state index contributed by atoms with van der Waals surface area (Å²) in [4.78, 5) is 10.9. The standard InChI is InChI=1S/C15H13FO3/c1-2-19-11-8-6-10(7-9-11)12-4-3-5-13(14(12)16)15(17)18/h3-9H,2H2,1H3,(H,17,18). The topological polar surface area (TPSA) is 46.5 Å². The van der Waals surface area contributed by atoms with Crippen molar-refractivity contribution in [3.63, 3.8) is 0 Å². The zero-order valence-electron chi connectivity index (χ0n) is 10.4. The van der Waals surface area contributed by atoms with E-state index in [-0.39, 0.29) is 11.1 Å². The Bertz CT molecular complexity index is 591. The summed E-state index contributed by atoms with van der Waals surface area (Å²) in [6.45, 7) is 2.44. The Kier molecular flexibility index (Phi) is 3.80. The van der Waals surface area contributed by atoms with Gasteiger partial charge in [-0.15, -0.1) is 0 Å². The van der Waals surface area contributed by atoms with Gasteiger partial charge < -0.3 is 9.84 Å². The van der Waals surface area contributed by atoms with E-state index in [1.807, 2.05) is 6.92 Å². The quantitative estimate of drug-likeness (QED) is 0.913. The van der Waals surface area contributed by atoms with Gasteiger partial charge in [0, 0.05) is 5.56 Å². The minimum absolute atomic E-state index is 0.267. The molecule has 0 atom stereocenters. The van der Waals surface area contributed by atoms with Gasteiger partial charge in [0.2, 0.25) is 0 Å². The molecule has 2 aromatic carbocycles. The largest absolute Gasteiger partial charge is 0.494 e. The number of carboxylic acid groups (broad SMARTS) is 1. The summed E-state index contributed by atoms with van der Waals surface area (Å²) in [7, 11) is 0. The van der Waals surface area contributed by atoms with Gasteiger partial charge in [0.15, 0.2) is 0 Å². The predicted molar refractivity (Wildman–Crippen MR) is 70.0 cm³/mol. The smallest absolute Gasteiger partial charge is 0.338 e. The maximum atomic E-state index is 14.0. The van der Waals surface area contributed by atoms with Gasteiger partial charge in [-0.05, 0) is 30.7 Å². The fraction of sp³-hybridized carbons (Fsp3) is 0.133. The van der Waals surface area contributed by atoms with Gasteiger partial charge in [-0.25, -0.2) is 9.18 Å². The zero-order valence-corrected chi connectivity index (χ0v) is 10.4. The zero-order chi connectivity index (χ0) is 13.8. The molecule has 2 rings (SSSR count). The molecule has 98 valence electrons. The van der Waals surface area contributed by atoms with Gasteiger partial charge >= 0.3 is 5.97 Å². The molecule has 0 aliphatic heterocycles. The number of carbonyl (C=O) groups is 1. The minimum atomic E-state index is -1.27. The van der Waals surface area contributed by atoms with Crippen molar-refractivity contribution in [3.05, 3.63) is 53.8 Å². The molecule has 0 unspecified atom stereocenters. The molecular formula is C15H13FO3. The molecule has 0 aromatic heterocycles. The van der Waals surface area contributed by atoms with Gasteiger partial charge in [-0.3, -0.25) is 0 Å². The van der Waals surface area contributed by atoms with Gasteiger partial charge in [0.1, 0.15) is 11.6 Å². The second-order valence-electron chi connectivity index (χ2n) is 3.93. The summed E-state index contributed by atoms with van der Waals surface area (Å²) in [5, 5.41) is 8.89. The van der Waals surface area contributed by atoms with Crippen molar-refractivity contribution in [1.82, 2.24) is 0 Å². The van der Waals surface area contributed by atoms with Crippen LogP contribution in [0.1, 0.15) is 17.3 Å². The molecule has 2 aromatic rings. The van der Waals surface area contributed by atoms with Crippen LogP contribution in [0.25, 0.3) is 11.1 Å². The van der Waals surface area contributed by atoms with Crippen molar-refractivity contribution in [2.24, 2.45) is 0 Å². The van der Waals surface area contributed by atoms with Gasteiger partial charge in [0.25, 0.3) is 0 Å². The van der Waals surface area contributed by atoms with Crippen molar-refractivity contribution in [2.75, 3.05) is 6.61 Å². The fourth-order valence-electron chi connectivity index (χ4n) is 1.82. The fourth-order valence-corrected chi connectivity index (χ4v) is 1.82. The van der Waals surface area contributed by atoms with Crippen LogP contribution in [0, 0.1) is 5.82 Å². The van der Waals surface area contributed by atoms with Crippen molar-refractivity contribution in [2.45, 2.75) is 6.92 Å². The van der Waals surface area contributed by atoms with Crippen LogP contribution >= 0.6 is 0 Å². The lowest BCUT2D eigenvalue weighted by molar-refractivity contribution is 0.0692. The monoisotopic (exact) mass is 260 g/mol. The number of benzene rings is 2. The van der Waals surface area contributed by atoms with Gasteiger partial charge in [0.05, 0.1) is 12.2 Å². The third-order valence-corrected chi connectivity index (χ3v) is 2.71. The number of hydrogen-bond acceptors (Lipinski definition) is 2. The molecule has 0 spiro atoms. The summed E-state index contributed by atoms with van der Waals surface area (Å²) in [6, 6.07) is 11.2. The van der Waals surface area contributed by atoms with E-state index < -0.39 is 11.8 Å². The summed E-state index contributed by atoms with van der Waals surface area (Å²) in [5.41, 5.74) is 0.554. The van der Waals surface area contributed by atoms with Crippen molar-refractivity contribution >= 4 is 5.97 Å². The van der Waals surface area contributed by atoms with Crippen LogP contribution in [-0.4, -0.2) is 17.7 Å². The second kappa shape index (κ2) is 5.52. The Morgan fingerprint density at radius 3 is 2.47 bits per heavy atom. The molecule has 0 aliphatic rings. The van der Waals surface area contributed by atoms with Crippen LogP contribution in [0.3, 0.4) is 0 Å². The third-order valence-electron chi connectivity index (χ3n) is 2.71. The molecule has 0 heterocycles. The molecule has 0 bridgehead atoms. The van der Waals surface area contributed by atoms with Crippen LogP contribution in [0.2, 0.25) is 0 Å². The summed E-state index contributed by atoms with van der Waals surface area (Å²) >= 11 is 0. The highest BCUT2D eigenvalue weighted by Gasteiger charge is 2.14. The first-order valence-corrected chi connectivity index (χ1v) is 5.88. The highest BCUT2D eigenvalue weighted by Crippen LogP contribution is 2.26. The Morgan fingerprint density at radius 2 is 1.89 bits per heavy atom. The number of rotatable bonds is 4. The number of aromatic carboxylic acids is 1. The van der Waals surface area contributed by atoms with E-state index in [1.54, 1.807) is 30.3 Å². The maximum Gasteiger partial charge on any atom is 0.338 e. The van der Waals surface area contributed by atoms with Crippen LogP contribution in [0.4, 0.5) is 4.39 Å². The van der Waals surface area contributed by atoms with E-state index in [4.69, 9.17) is 9.84 Å². The summed E-state index contributed by atoms with van der Waals surface area (Å²) < 4.78 is 19.3. The Balaban J connectivity index is 2.41. The first-order chi connectivity index (χ1) is 9.13. The van der Waals surface area contributed by atoms with Crippen LogP contribution < -0.4 is 4.74 Å². The van der Waals surface area contributed by atoms with Crippen molar-refractivity contribution < 1.29 is 19.0 Å². The van der Waals surface area contributed by atoms with Crippen molar-refractivity contribution in [1.29, 1.82) is 0 Å². The summed E-state index contributed by atoms with van der Waals surface area (Å²) in [5.74, 6) is -1.30. The average Bonchev–Trinajstić information content (AvgIpc) is 2.40. The van der Waals surface area contributed by atoms with E-state index in [1.165, 1.54) is 12.1 Å². The number of ether oxygens (including phenoxy) is 1. The Labute approximate surface area is 110 Å². The second-order valence-corrected chi connectivity index (χ2v) is 3.93. The van der Waals surface area contributed by atoms with E-state index in [0.29, 0.717) is 17.9 Å². The van der Waals surface area contributed by atoms with E-state index in [9.17, 15) is 9.18 Å². The highest BCUT2D eigenvalue weighted by molar-refractivity contribution is 5.90. The number of halogens is 1. The van der Waals surface area contributed by atoms with E-state index >= 15 is 0 Å². The molecule has 3 nitrogen and oxygen atoms in total. The molecule has 4 heteroatoms. The molecule has 1 N–H and O–H groups in total. The number of hydrogen-bond donors (Lipinski definition) is 1. The lowest BCUT2D eigenvalue weighted by Gasteiger charge is -2.07. The normalized spacial score (nSPS) is 10.2. The lowest BCUT2D eigenvalue weighted by Crippen LogP contribution is -2.01. The maximum absolute atomic E-state index is 14.0. The molecule has 0 amide bonds. The lowest BCUT2D eigenvalue weighted by atomic mass is 10.0. The van der Waals surface area contributed by atoms with Gasteiger partial charge in [-0.1, -0.05) is 24.3 Å².